The number of ether oxygens (including phenoxy) is 1. The number of aromatic amines is 1. The normalized spacial score (nSPS) is 12.1. The Bertz CT molecular complexity index is 1170. The molecule has 0 aliphatic carbocycles. The van der Waals surface area contributed by atoms with Gasteiger partial charge in [-0.25, -0.2) is 4.79 Å². The van der Waals surface area contributed by atoms with Crippen molar-refractivity contribution in [1.29, 1.82) is 0 Å². The Morgan fingerprint density at radius 2 is 1.93 bits per heavy atom. The third-order valence-electron chi connectivity index (χ3n) is 4.47. The number of aromatic nitrogens is 2. The minimum absolute atomic E-state index is 0.0170. The van der Waals surface area contributed by atoms with E-state index in [0.29, 0.717) is 26.7 Å². The fraction of sp³-hybridized carbons (Fsp3) is 0.250. The van der Waals surface area contributed by atoms with E-state index in [0.717, 1.165) is 4.57 Å². The second-order valence-corrected chi connectivity index (χ2v) is 7.13. The second-order valence-electron chi connectivity index (χ2n) is 6.31. The molecule has 1 aromatic heterocycles. The summed E-state index contributed by atoms with van der Waals surface area (Å²) in [5, 5.41) is 1.000. The van der Waals surface area contributed by atoms with Gasteiger partial charge >= 0.3 is 11.7 Å². The van der Waals surface area contributed by atoms with E-state index in [2.05, 4.69) is 4.98 Å². The molecule has 2 aromatic carbocycles. The van der Waals surface area contributed by atoms with E-state index in [1.807, 2.05) is 0 Å². The maximum atomic E-state index is 13.1. The summed E-state index contributed by atoms with van der Waals surface area (Å²) in [6.07, 6.45) is 0. The first-order chi connectivity index (χ1) is 13.3. The number of halogens is 2. The summed E-state index contributed by atoms with van der Waals surface area (Å²) in [7, 11) is 0. The van der Waals surface area contributed by atoms with Crippen molar-refractivity contribution in [2.45, 2.75) is 26.3 Å². The number of esters is 1. The first kappa shape index (κ1) is 20.2. The third kappa shape index (κ3) is 3.84. The number of nitrogens with one attached hydrogen (secondary N) is 1. The Morgan fingerprint density at radius 1 is 1.18 bits per heavy atom. The fourth-order valence-corrected chi connectivity index (χ4v) is 3.36. The summed E-state index contributed by atoms with van der Waals surface area (Å²) >= 11 is 12.0. The van der Waals surface area contributed by atoms with E-state index in [4.69, 9.17) is 27.9 Å². The molecular formula is C20H18Cl2N2O4. The molecule has 3 aromatic rings. The first-order valence-corrected chi connectivity index (χ1v) is 9.45. The van der Waals surface area contributed by atoms with Crippen LogP contribution in [0.25, 0.3) is 10.9 Å². The van der Waals surface area contributed by atoms with Crippen LogP contribution in [-0.4, -0.2) is 22.1 Å². The Morgan fingerprint density at radius 3 is 2.61 bits per heavy atom. The van der Waals surface area contributed by atoms with Crippen LogP contribution >= 0.6 is 23.2 Å². The second kappa shape index (κ2) is 8.20. The molecule has 146 valence electrons. The highest BCUT2D eigenvalue weighted by molar-refractivity contribution is 6.42. The number of nitrogens with zero attached hydrogens (tertiary/aromatic N) is 1. The molecule has 0 aliphatic heterocycles. The van der Waals surface area contributed by atoms with Gasteiger partial charge in [0.15, 0.2) is 0 Å². The van der Waals surface area contributed by atoms with Crippen molar-refractivity contribution in [3.05, 3.63) is 78.4 Å². The van der Waals surface area contributed by atoms with Gasteiger partial charge in [-0.3, -0.25) is 14.2 Å². The van der Waals surface area contributed by atoms with Crippen LogP contribution in [0.1, 0.15) is 30.9 Å². The zero-order valence-electron chi connectivity index (χ0n) is 15.3. The Hall–Kier alpha value is -2.57. The number of H-pyrrole nitrogens is 1. The van der Waals surface area contributed by atoms with Crippen LogP contribution in [-0.2, 0) is 16.1 Å². The molecule has 1 heterocycles. The number of fused-ring (bicyclic) bond motifs is 1. The maximum absolute atomic E-state index is 13.1. The zero-order chi connectivity index (χ0) is 20.4. The van der Waals surface area contributed by atoms with Crippen LogP contribution < -0.4 is 11.2 Å². The quantitative estimate of drug-likeness (QED) is 0.637. The van der Waals surface area contributed by atoms with Crippen LogP contribution in [0.3, 0.4) is 0 Å². The highest BCUT2D eigenvalue weighted by Crippen LogP contribution is 2.24. The highest BCUT2D eigenvalue weighted by atomic mass is 35.5. The number of hydrogen-bond acceptors (Lipinski definition) is 4. The lowest BCUT2D eigenvalue weighted by Gasteiger charge is -2.14. The lowest BCUT2D eigenvalue weighted by Crippen LogP contribution is -2.36. The number of carbonyl (C=O) groups excluding carboxylic acids is 1. The average Bonchev–Trinajstić information content (AvgIpc) is 2.67. The highest BCUT2D eigenvalue weighted by Gasteiger charge is 2.21. The standard InChI is InChI=1S/C20H18Cl2N2O4/c1-3-28-19(26)11(2)13-5-4-6-16-17(13)18(25)24(20(27)23-16)10-12-7-8-14(21)15(22)9-12/h4-9,11H,3,10H2,1-2H3,(H,23,27). The van der Waals surface area contributed by atoms with Crippen molar-refractivity contribution in [3.63, 3.8) is 0 Å². The molecule has 1 N–H and O–H groups in total. The molecule has 3 rings (SSSR count). The molecule has 6 nitrogen and oxygen atoms in total. The molecule has 0 saturated carbocycles. The van der Waals surface area contributed by atoms with E-state index in [9.17, 15) is 14.4 Å². The molecule has 0 spiro atoms. The van der Waals surface area contributed by atoms with E-state index < -0.39 is 23.1 Å². The van der Waals surface area contributed by atoms with E-state index in [-0.39, 0.29) is 18.5 Å². The van der Waals surface area contributed by atoms with Gasteiger partial charge in [0, 0.05) is 0 Å². The molecule has 1 atom stereocenters. The van der Waals surface area contributed by atoms with Crippen molar-refractivity contribution >= 4 is 40.1 Å². The van der Waals surface area contributed by atoms with Gasteiger partial charge in [-0.2, -0.15) is 0 Å². The van der Waals surface area contributed by atoms with Crippen LogP contribution in [0, 0.1) is 0 Å². The van der Waals surface area contributed by atoms with Crippen molar-refractivity contribution < 1.29 is 9.53 Å². The molecule has 0 bridgehead atoms. The average molecular weight is 421 g/mol. The molecule has 0 amide bonds. The van der Waals surface area contributed by atoms with Crippen molar-refractivity contribution in [1.82, 2.24) is 9.55 Å². The zero-order valence-corrected chi connectivity index (χ0v) is 16.8. The van der Waals surface area contributed by atoms with E-state index in [1.165, 1.54) is 0 Å². The molecule has 8 heteroatoms. The predicted octanol–water partition coefficient (Wildman–Crippen LogP) is 3.71. The third-order valence-corrected chi connectivity index (χ3v) is 5.21. The van der Waals surface area contributed by atoms with Gasteiger partial charge in [-0.1, -0.05) is 41.4 Å². The summed E-state index contributed by atoms with van der Waals surface area (Å²) in [6.45, 7) is 3.64. The van der Waals surface area contributed by atoms with Crippen molar-refractivity contribution in [2.24, 2.45) is 0 Å². The fourth-order valence-electron chi connectivity index (χ4n) is 3.04. The minimum atomic E-state index is -0.652. The summed E-state index contributed by atoms with van der Waals surface area (Å²) in [5.74, 6) is -1.09. The van der Waals surface area contributed by atoms with Gasteiger partial charge in [0.05, 0.1) is 40.0 Å². The summed E-state index contributed by atoms with van der Waals surface area (Å²) in [4.78, 5) is 40.5. The molecular weight excluding hydrogens is 403 g/mol. The minimum Gasteiger partial charge on any atom is -0.466 e. The summed E-state index contributed by atoms with van der Waals surface area (Å²) in [5.41, 5.74) is 0.479. The molecule has 28 heavy (non-hydrogen) atoms. The van der Waals surface area contributed by atoms with E-state index in [1.54, 1.807) is 50.2 Å². The lowest BCUT2D eigenvalue weighted by molar-refractivity contribution is -0.144. The molecule has 1 unspecified atom stereocenters. The molecule has 0 radical (unpaired) electrons. The summed E-state index contributed by atoms with van der Waals surface area (Å²) in [6, 6.07) is 9.90. The monoisotopic (exact) mass is 420 g/mol. The van der Waals surface area contributed by atoms with Gasteiger partial charge in [0.25, 0.3) is 5.56 Å². The first-order valence-electron chi connectivity index (χ1n) is 8.69. The molecule has 0 saturated heterocycles. The number of hydrogen-bond donors (Lipinski definition) is 1. The topological polar surface area (TPSA) is 81.2 Å². The van der Waals surface area contributed by atoms with Crippen LogP contribution in [0.5, 0.6) is 0 Å². The number of carbonyl (C=O) groups is 1. The number of benzene rings is 2. The van der Waals surface area contributed by atoms with Gasteiger partial charge in [-0.15, -0.1) is 0 Å². The van der Waals surface area contributed by atoms with Gasteiger partial charge in [0.2, 0.25) is 0 Å². The SMILES string of the molecule is CCOC(=O)C(C)c1cccc2[nH]c(=O)n(Cc3ccc(Cl)c(Cl)c3)c(=O)c12. The van der Waals surface area contributed by atoms with Crippen LogP contribution in [0.15, 0.2) is 46.0 Å². The number of rotatable bonds is 5. The Labute approximate surface area is 170 Å². The molecule has 0 aliphatic rings. The Kier molecular flexibility index (Phi) is 5.91. The van der Waals surface area contributed by atoms with E-state index >= 15 is 0 Å². The van der Waals surface area contributed by atoms with Crippen LogP contribution in [0.2, 0.25) is 10.0 Å². The van der Waals surface area contributed by atoms with Crippen molar-refractivity contribution in [2.75, 3.05) is 6.61 Å². The van der Waals surface area contributed by atoms with Gasteiger partial charge in [0.1, 0.15) is 0 Å². The predicted molar refractivity (Wildman–Crippen MR) is 109 cm³/mol. The smallest absolute Gasteiger partial charge is 0.329 e. The van der Waals surface area contributed by atoms with Gasteiger partial charge < -0.3 is 9.72 Å². The lowest BCUT2D eigenvalue weighted by atomic mass is 9.97. The van der Waals surface area contributed by atoms with Gasteiger partial charge in [-0.05, 0) is 43.2 Å². The molecule has 0 fully saturated rings. The Balaban J connectivity index is 2.16. The van der Waals surface area contributed by atoms with Crippen molar-refractivity contribution in [3.8, 4) is 0 Å². The summed E-state index contributed by atoms with van der Waals surface area (Å²) < 4.78 is 6.15. The van der Waals surface area contributed by atoms with Crippen LogP contribution in [0.4, 0.5) is 0 Å². The maximum Gasteiger partial charge on any atom is 0.329 e. The largest absolute Gasteiger partial charge is 0.466 e.